The van der Waals surface area contributed by atoms with E-state index >= 15 is 0 Å². The Kier molecular flexibility index (Phi) is 6.63. The molecule has 0 radical (unpaired) electrons. The van der Waals surface area contributed by atoms with Crippen LogP contribution in [0.1, 0.15) is 0 Å². The van der Waals surface area contributed by atoms with Crippen molar-refractivity contribution >= 4 is 0 Å². The summed E-state index contributed by atoms with van der Waals surface area (Å²) in [5.41, 5.74) is 8.42. The fraction of sp³-hybridized carbons (Fsp3) is 0. The van der Waals surface area contributed by atoms with Gasteiger partial charge in [-0.1, -0.05) is 54.6 Å². The molecule has 198 valence electrons. The molecule has 0 aliphatic rings. The van der Waals surface area contributed by atoms with Crippen molar-refractivity contribution in [2.75, 3.05) is 0 Å². The average Bonchev–Trinajstić information content (AvgIpc) is 3.09. The summed E-state index contributed by atoms with van der Waals surface area (Å²) in [5, 5.41) is 23.8. The van der Waals surface area contributed by atoms with Gasteiger partial charge in [0, 0.05) is 33.4 Å². The second-order valence-electron chi connectivity index (χ2n) is 9.44. The van der Waals surface area contributed by atoms with E-state index in [1.807, 2.05) is 72.8 Å². The van der Waals surface area contributed by atoms with Crippen LogP contribution >= 0.6 is 0 Å². The first-order valence-electron chi connectivity index (χ1n) is 13.2. The molecule has 9 heteroatoms. The average molecular weight is 544 g/mol. The maximum atomic E-state index is 4.95. The van der Waals surface area contributed by atoms with Crippen LogP contribution in [0.2, 0.25) is 0 Å². The first-order valence-corrected chi connectivity index (χ1v) is 13.2. The normalized spacial score (nSPS) is 10.9. The SMILES string of the molecule is c1cc(-c2ccnnc2)cc(-c2nc(-c3cccc(-c4ccnnc4)c3)nc(-c3cccc(-c4ccnnc4)c3)n2)c1. The Bertz CT molecular complexity index is 1740. The third kappa shape index (κ3) is 5.22. The Morgan fingerprint density at radius 2 is 0.595 bits per heavy atom. The van der Waals surface area contributed by atoms with Crippen molar-refractivity contribution in [2.24, 2.45) is 0 Å². The zero-order valence-corrected chi connectivity index (χ0v) is 22.1. The zero-order chi connectivity index (χ0) is 28.1. The second-order valence-corrected chi connectivity index (χ2v) is 9.44. The van der Waals surface area contributed by atoms with Gasteiger partial charge in [0.25, 0.3) is 0 Å². The summed E-state index contributed by atoms with van der Waals surface area (Å²) in [6, 6.07) is 30.0. The maximum Gasteiger partial charge on any atom is 0.164 e. The van der Waals surface area contributed by atoms with E-state index in [9.17, 15) is 0 Å². The molecule has 4 aromatic heterocycles. The molecule has 7 rings (SSSR count). The van der Waals surface area contributed by atoms with E-state index in [1.54, 1.807) is 37.2 Å². The maximum absolute atomic E-state index is 4.95. The Labute approximate surface area is 241 Å². The lowest BCUT2D eigenvalue weighted by Gasteiger charge is -2.11. The lowest BCUT2D eigenvalue weighted by atomic mass is 10.0. The molecule has 0 bridgehead atoms. The molecule has 4 heterocycles. The summed E-state index contributed by atoms with van der Waals surface area (Å²) in [6.07, 6.45) is 10.3. The molecular formula is C33H21N9. The number of nitrogens with zero attached hydrogens (tertiary/aromatic N) is 9. The monoisotopic (exact) mass is 543 g/mol. The number of hydrogen-bond donors (Lipinski definition) is 0. The number of aromatic nitrogens is 9. The summed E-state index contributed by atoms with van der Waals surface area (Å²) < 4.78 is 0. The van der Waals surface area contributed by atoms with E-state index in [1.165, 1.54) is 0 Å². The van der Waals surface area contributed by atoms with Crippen LogP contribution in [-0.2, 0) is 0 Å². The van der Waals surface area contributed by atoms with E-state index < -0.39 is 0 Å². The molecule has 0 unspecified atom stereocenters. The summed E-state index contributed by atoms with van der Waals surface area (Å²) in [6.45, 7) is 0. The highest BCUT2D eigenvalue weighted by molar-refractivity contribution is 5.75. The van der Waals surface area contributed by atoms with Gasteiger partial charge in [-0.05, 0) is 53.1 Å². The van der Waals surface area contributed by atoms with Gasteiger partial charge in [-0.15, -0.1) is 0 Å². The van der Waals surface area contributed by atoms with Crippen LogP contribution in [0.4, 0.5) is 0 Å². The van der Waals surface area contributed by atoms with Crippen molar-refractivity contribution < 1.29 is 0 Å². The molecule has 9 nitrogen and oxygen atoms in total. The predicted octanol–water partition coefficient (Wildman–Crippen LogP) is 6.24. The van der Waals surface area contributed by atoms with Gasteiger partial charge in [-0.25, -0.2) is 15.0 Å². The van der Waals surface area contributed by atoms with Gasteiger partial charge >= 0.3 is 0 Å². The molecule has 7 aromatic rings. The fourth-order valence-corrected chi connectivity index (χ4v) is 4.66. The van der Waals surface area contributed by atoms with Crippen molar-refractivity contribution in [2.45, 2.75) is 0 Å². The van der Waals surface area contributed by atoms with E-state index in [0.29, 0.717) is 17.5 Å². The van der Waals surface area contributed by atoms with E-state index in [0.717, 1.165) is 50.1 Å². The first-order chi connectivity index (χ1) is 20.8. The lowest BCUT2D eigenvalue weighted by Crippen LogP contribution is -2.00. The Morgan fingerprint density at radius 3 is 0.881 bits per heavy atom. The van der Waals surface area contributed by atoms with Gasteiger partial charge < -0.3 is 0 Å². The van der Waals surface area contributed by atoms with E-state index in [2.05, 4.69) is 48.8 Å². The Balaban J connectivity index is 1.38. The molecule has 0 amide bonds. The highest BCUT2D eigenvalue weighted by Crippen LogP contribution is 2.30. The standard InChI is InChI=1S/C33H21N9/c1-4-22(28-10-13-34-37-19-28)16-25(7-1)31-40-32(26-8-2-5-23(17-26)29-11-14-35-38-20-29)42-33(41-31)27-9-3-6-24(18-27)30-12-15-36-39-21-30/h1-21H. The molecule has 0 saturated heterocycles. The minimum absolute atomic E-state index is 0.561. The Morgan fingerprint density at radius 1 is 0.286 bits per heavy atom. The Hall–Kier alpha value is -6.09. The van der Waals surface area contributed by atoms with Crippen LogP contribution < -0.4 is 0 Å². The van der Waals surface area contributed by atoms with Gasteiger partial charge in [0.05, 0.1) is 37.2 Å². The van der Waals surface area contributed by atoms with Crippen molar-refractivity contribution in [1.82, 2.24) is 45.5 Å². The van der Waals surface area contributed by atoms with E-state index in [4.69, 9.17) is 15.0 Å². The second kappa shape index (κ2) is 11.2. The van der Waals surface area contributed by atoms with Crippen molar-refractivity contribution in [1.29, 1.82) is 0 Å². The predicted molar refractivity (Wildman–Crippen MR) is 159 cm³/mol. The molecule has 42 heavy (non-hydrogen) atoms. The van der Waals surface area contributed by atoms with Crippen LogP contribution in [0.25, 0.3) is 67.5 Å². The lowest BCUT2D eigenvalue weighted by molar-refractivity contribution is 1.03. The van der Waals surface area contributed by atoms with Crippen molar-refractivity contribution in [3.8, 4) is 67.5 Å². The van der Waals surface area contributed by atoms with Crippen molar-refractivity contribution in [3.63, 3.8) is 0 Å². The van der Waals surface area contributed by atoms with Gasteiger partial charge in [0.1, 0.15) is 0 Å². The molecule has 0 spiro atoms. The van der Waals surface area contributed by atoms with Crippen LogP contribution in [0, 0.1) is 0 Å². The van der Waals surface area contributed by atoms with Crippen LogP contribution in [0.5, 0.6) is 0 Å². The van der Waals surface area contributed by atoms with Gasteiger partial charge in [-0.2, -0.15) is 30.6 Å². The van der Waals surface area contributed by atoms with Crippen molar-refractivity contribution in [3.05, 3.63) is 128 Å². The third-order valence-corrected chi connectivity index (χ3v) is 6.75. The summed E-state index contributed by atoms with van der Waals surface area (Å²) in [4.78, 5) is 14.9. The molecule has 3 aromatic carbocycles. The molecule has 0 saturated carbocycles. The third-order valence-electron chi connectivity index (χ3n) is 6.75. The molecule has 0 fully saturated rings. The summed E-state index contributed by atoms with van der Waals surface area (Å²) in [7, 11) is 0. The van der Waals surface area contributed by atoms with Crippen LogP contribution in [0.3, 0.4) is 0 Å². The number of rotatable bonds is 6. The highest BCUT2D eigenvalue weighted by atomic mass is 15.1. The molecular weight excluding hydrogens is 522 g/mol. The minimum Gasteiger partial charge on any atom is -0.208 e. The smallest absolute Gasteiger partial charge is 0.164 e. The van der Waals surface area contributed by atoms with Gasteiger partial charge in [0.2, 0.25) is 0 Å². The van der Waals surface area contributed by atoms with Crippen LogP contribution in [0.15, 0.2) is 128 Å². The van der Waals surface area contributed by atoms with E-state index in [-0.39, 0.29) is 0 Å². The highest BCUT2D eigenvalue weighted by Gasteiger charge is 2.14. The largest absolute Gasteiger partial charge is 0.208 e. The zero-order valence-electron chi connectivity index (χ0n) is 22.1. The summed E-state index contributed by atoms with van der Waals surface area (Å²) >= 11 is 0. The quantitative estimate of drug-likeness (QED) is 0.240. The number of benzene rings is 3. The van der Waals surface area contributed by atoms with Crippen LogP contribution in [-0.4, -0.2) is 45.5 Å². The number of hydrogen-bond acceptors (Lipinski definition) is 9. The van der Waals surface area contributed by atoms with Gasteiger partial charge in [-0.3, -0.25) is 0 Å². The molecule has 0 aliphatic heterocycles. The topological polar surface area (TPSA) is 116 Å². The van der Waals surface area contributed by atoms with Gasteiger partial charge in [0.15, 0.2) is 17.5 Å². The first kappa shape index (κ1) is 24.9. The fourth-order valence-electron chi connectivity index (χ4n) is 4.66. The minimum atomic E-state index is 0.561. The summed E-state index contributed by atoms with van der Waals surface area (Å²) in [5.74, 6) is 1.68. The molecule has 0 atom stereocenters. The molecule has 0 N–H and O–H groups in total. The molecule has 0 aliphatic carbocycles.